The molecule has 3 rings (SSSR count). The summed E-state index contributed by atoms with van der Waals surface area (Å²) in [5.41, 5.74) is -0.291. The molecule has 0 aliphatic carbocycles. The Kier molecular flexibility index (Phi) is 18.7. The Hall–Kier alpha value is -6.20. The van der Waals surface area contributed by atoms with Crippen molar-refractivity contribution in [3.63, 3.8) is 0 Å². The van der Waals surface area contributed by atoms with Crippen molar-refractivity contribution in [1.29, 1.82) is 0 Å². The smallest absolute Gasteiger partial charge is 0.419 e. The molecule has 5 amide bonds. The molecule has 5 N–H and O–H groups in total. The lowest BCUT2D eigenvalue weighted by molar-refractivity contribution is -0.148. The molecular formula is C46H63F2N7O9. The highest BCUT2D eigenvalue weighted by Crippen LogP contribution is 2.22. The first-order valence-electron chi connectivity index (χ1n) is 21.2. The molecule has 0 aliphatic rings. The summed E-state index contributed by atoms with van der Waals surface area (Å²) in [5, 5.41) is 12.2. The molecule has 0 saturated carbocycles. The maximum absolute atomic E-state index is 15.9. The Labute approximate surface area is 373 Å². The van der Waals surface area contributed by atoms with Crippen LogP contribution in [0.4, 0.5) is 18.4 Å². The van der Waals surface area contributed by atoms with Crippen LogP contribution in [-0.2, 0) is 52.8 Å². The van der Waals surface area contributed by atoms with E-state index in [0.717, 1.165) is 16.5 Å². The van der Waals surface area contributed by atoms with Crippen molar-refractivity contribution in [3.8, 4) is 0 Å². The number of amides is 5. The van der Waals surface area contributed by atoms with Crippen LogP contribution in [0.2, 0.25) is 0 Å². The highest BCUT2D eigenvalue weighted by Gasteiger charge is 2.45. The van der Waals surface area contributed by atoms with Crippen molar-refractivity contribution < 1.29 is 51.8 Å². The minimum Gasteiger partial charge on any atom is -0.444 e. The number of nitrogens with zero attached hydrogens (tertiary/aromatic N) is 2. The predicted molar refractivity (Wildman–Crippen MR) is 234 cm³/mol. The summed E-state index contributed by atoms with van der Waals surface area (Å²) in [4.78, 5) is 98.1. The molecule has 0 aliphatic heterocycles. The van der Waals surface area contributed by atoms with Crippen molar-refractivity contribution in [2.75, 3.05) is 6.54 Å². The highest BCUT2D eigenvalue weighted by molar-refractivity contribution is 6.01. The number of carbonyl (C=O) groups is 7. The molecule has 1 aromatic heterocycles. The molecular weight excluding hydrogens is 833 g/mol. The maximum atomic E-state index is 15.9. The number of alkyl carbamates (subject to hydrolysis) is 1. The van der Waals surface area contributed by atoms with E-state index in [1.165, 1.54) is 6.20 Å². The highest BCUT2D eigenvalue weighted by atomic mass is 19.3. The molecule has 0 fully saturated rings. The normalized spacial score (nSPS) is 13.8. The second-order valence-electron chi connectivity index (χ2n) is 18.3. The van der Waals surface area contributed by atoms with Crippen LogP contribution in [0, 0.1) is 17.8 Å². The number of hydrogen-bond donors (Lipinski definition) is 5. The van der Waals surface area contributed by atoms with E-state index in [2.05, 4.69) is 31.6 Å². The molecule has 1 heterocycles. The van der Waals surface area contributed by atoms with Crippen LogP contribution in [0.3, 0.4) is 0 Å². The molecule has 64 heavy (non-hydrogen) atoms. The zero-order valence-electron chi connectivity index (χ0n) is 38.3. The maximum Gasteiger partial charge on any atom is 0.419 e. The van der Waals surface area contributed by atoms with Crippen LogP contribution >= 0.6 is 0 Å². The van der Waals surface area contributed by atoms with E-state index >= 15 is 8.78 Å². The third-order valence-electron chi connectivity index (χ3n) is 9.30. The number of Topliss-reactive ketones (excluding diaryl/α,β-unsaturated/α-hetero) is 1. The molecule has 2 unspecified atom stereocenters. The molecule has 0 saturated heterocycles. The van der Waals surface area contributed by atoms with Crippen LogP contribution in [0.15, 0.2) is 73.2 Å². The number of ketones is 1. The van der Waals surface area contributed by atoms with Crippen LogP contribution in [0.5, 0.6) is 0 Å². The molecule has 0 radical (unpaired) electrons. The Morgan fingerprint density at radius 3 is 1.70 bits per heavy atom. The van der Waals surface area contributed by atoms with Crippen molar-refractivity contribution in [3.05, 3.63) is 90.0 Å². The van der Waals surface area contributed by atoms with Crippen molar-refractivity contribution in [2.45, 2.75) is 130 Å². The number of halogens is 2. The van der Waals surface area contributed by atoms with Gasteiger partial charge in [-0.1, -0.05) is 88.4 Å². The SMILES string of the molecule is CC(C)CC(NC(=O)[C@H](Cc1cn(C(=O)OC(C)(C)C)cn1)NC(=O)[C@H](Cc1ccccc1)NC(=O)OC(C)(C)C)C(=O)C(F)(F)CNC(=O)C(C(=O)NCc1ccccc1)C(C)C. The summed E-state index contributed by atoms with van der Waals surface area (Å²) in [7, 11) is 0. The van der Waals surface area contributed by atoms with E-state index in [4.69, 9.17) is 9.47 Å². The van der Waals surface area contributed by atoms with Gasteiger partial charge in [0.1, 0.15) is 35.5 Å². The summed E-state index contributed by atoms with van der Waals surface area (Å²) in [6.07, 6.45) is -0.0345. The third-order valence-corrected chi connectivity index (χ3v) is 9.30. The van der Waals surface area contributed by atoms with E-state index in [9.17, 15) is 33.6 Å². The monoisotopic (exact) mass is 895 g/mol. The fourth-order valence-electron chi connectivity index (χ4n) is 6.33. The van der Waals surface area contributed by atoms with Crippen molar-refractivity contribution in [2.24, 2.45) is 17.8 Å². The van der Waals surface area contributed by atoms with Gasteiger partial charge in [0.2, 0.25) is 29.4 Å². The molecule has 0 bridgehead atoms. The molecule has 18 heteroatoms. The van der Waals surface area contributed by atoms with Crippen molar-refractivity contribution in [1.82, 2.24) is 36.1 Å². The standard InChI is InChI=1S/C46H63F2N7O9/c1-28(2)21-33(37(56)46(47,48)26-50-41(60)36(29(3)4)40(59)49-24-31-19-15-12-16-20-31)52-39(58)35(23-32-25-55(27-51-32)43(62)64-45(8,9)10)53-38(57)34(22-30-17-13-11-14-18-30)54-42(61)63-44(5,6)7/h11-20,25,27-29,33-36H,21-24,26H2,1-10H3,(H,49,59)(H,50,60)(H,52,58)(H,53,57)(H,54,61)/t33?,34-,35-,36?/m0/s1. The van der Waals surface area contributed by atoms with Crippen LogP contribution < -0.4 is 26.6 Å². The Bertz CT molecular complexity index is 2060. The van der Waals surface area contributed by atoms with Gasteiger partial charge in [0, 0.05) is 25.6 Å². The van der Waals surface area contributed by atoms with Gasteiger partial charge >= 0.3 is 18.1 Å². The average molecular weight is 896 g/mol. The summed E-state index contributed by atoms with van der Waals surface area (Å²) >= 11 is 0. The van der Waals surface area contributed by atoms with Gasteiger partial charge in [-0.05, 0) is 70.9 Å². The Morgan fingerprint density at radius 1 is 0.656 bits per heavy atom. The number of alkyl halides is 2. The van der Waals surface area contributed by atoms with Gasteiger partial charge in [-0.25, -0.2) is 19.1 Å². The lowest BCUT2D eigenvalue weighted by atomic mass is 9.93. The number of nitrogens with one attached hydrogen (secondary N) is 5. The number of hydrogen-bond acceptors (Lipinski definition) is 10. The number of carbonyl (C=O) groups excluding carboxylic acids is 7. The van der Waals surface area contributed by atoms with Gasteiger partial charge in [0.25, 0.3) is 0 Å². The lowest BCUT2D eigenvalue weighted by Gasteiger charge is -2.28. The van der Waals surface area contributed by atoms with Crippen LogP contribution in [-0.4, -0.2) is 92.9 Å². The second kappa shape index (κ2) is 22.9. The first-order chi connectivity index (χ1) is 29.7. The molecule has 4 atom stereocenters. The summed E-state index contributed by atoms with van der Waals surface area (Å²) in [5.74, 6) is -12.0. The number of ether oxygens (including phenoxy) is 2. The fourth-order valence-corrected chi connectivity index (χ4v) is 6.33. The van der Waals surface area contributed by atoms with Gasteiger partial charge in [-0.3, -0.25) is 24.0 Å². The lowest BCUT2D eigenvalue weighted by Crippen LogP contribution is -2.59. The minimum absolute atomic E-state index is 0.0493. The third kappa shape index (κ3) is 17.5. The quantitative estimate of drug-likeness (QED) is 0.0927. The first-order valence-corrected chi connectivity index (χ1v) is 21.2. The largest absolute Gasteiger partial charge is 0.444 e. The second-order valence-corrected chi connectivity index (χ2v) is 18.3. The number of rotatable bonds is 20. The van der Waals surface area contributed by atoms with Crippen molar-refractivity contribution >= 4 is 41.6 Å². The van der Waals surface area contributed by atoms with Gasteiger partial charge in [0.05, 0.1) is 18.3 Å². The van der Waals surface area contributed by atoms with E-state index < -0.39 is 108 Å². The Morgan fingerprint density at radius 2 is 1.17 bits per heavy atom. The van der Waals surface area contributed by atoms with Crippen LogP contribution in [0.25, 0.3) is 0 Å². The molecule has 3 aromatic rings. The van der Waals surface area contributed by atoms with Crippen LogP contribution in [0.1, 0.15) is 92.5 Å². The zero-order chi connectivity index (χ0) is 48.0. The Balaban J connectivity index is 1.90. The van der Waals surface area contributed by atoms with Gasteiger partial charge in [-0.2, -0.15) is 8.78 Å². The van der Waals surface area contributed by atoms with Gasteiger partial charge in [-0.15, -0.1) is 0 Å². The van der Waals surface area contributed by atoms with Gasteiger partial charge in [0.15, 0.2) is 0 Å². The molecule has 2 aromatic carbocycles. The number of aromatic nitrogens is 2. The molecule has 16 nitrogen and oxygen atoms in total. The minimum atomic E-state index is -4.23. The summed E-state index contributed by atoms with van der Waals surface area (Å²) < 4.78 is 43.6. The topological polar surface area (TPSA) is 216 Å². The van der Waals surface area contributed by atoms with Gasteiger partial charge < -0.3 is 36.1 Å². The first kappa shape index (κ1) is 52.1. The number of benzene rings is 2. The van der Waals surface area contributed by atoms with E-state index in [1.54, 1.807) is 130 Å². The van der Waals surface area contributed by atoms with E-state index in [-0.39, 0.29) is 25.1 Å². The predicted octanol–water partition coefficient (Wildman–Crippen LogP) is 5.27. The average Bonchev–Trinajstić information content (AvgIpc) is 3.66. The molecule has 0 spiro atoms. The fraction of sp³-hybridized carbons (Fsp3) is 0.522. The number of imidazole rings is 1. The summed E-state index contributed by atoms with van der Waals surface area (Å²) in [6, 6.07) is 12.8. The van der Waals surface area contributed by atoms with E-state index in [1.807, 2.05) is 0 Å². The van der Waals surface area contributed by atoms with E-state index in [0.29, 0.717) is 5.56 Å². The summed E-state index contributed by atoms with van der Waals surface area (Å²) in [6.45, 7) is 15.0. The zero-order valence-corrected chi connectivity index (χ0v) is 38.3. The molecule has 350 valence electrons.